The lowest BCUT2D eigenvalue weighted by Gasteiger charge is -2.34. The third-order valence-electron chi connectivity index (χ3n) is 3.58. The van der Waals surface area contributed by atoms with Crippen molar-refractivity contribution in [3.8, 4) is 11.3 Å². The molecule has 1 N–H and O–H groups in total. The number of likely N-dealkylation sites (N-methyl/N-ethyl adjacent to an activating group) is 1. The van der Waals surface area contributed by atoms with Crippen molar-refractivity contribution in [2.45, 2.75) is 0 Å². The highest BCUT2D eigenvalue weighted by Crippen LogP contribution is 2.23. The molecule has 0 radical (unpaired) electrons. The summed E-state index contributed by atoms with van der Waals surface area (Å²) in [6, 6.07) is 10.3. The molecule has 0 atom stereocenters. The number of piperazine rings is 1. The Morgan fingerprint density at radius 3 is 2.37 bits per heavy atom. The van der Waals surface area contributed by atoms with Crippen molar-refractivity contribution in [2.75, 3.05) is 38.1 Å². The van der Waals surface area contributed by atoms with Gasteiger partial charge in [0.25, 0.3) is 0 Å². The Morgan fingerprint density at radius 2 is 1.79 bits per heavy atom. The topological polar surface area (TPSA) is 35.2 Å². The van der Waals surface area contributed by atoms with Gasteiger partial charge in [-0.2, -0.15) is 5.10 Å². The Morgan fingerprint density at radius 1 is 1.11 bits per heavy atom. The molecule has 5 heteroatoms. The molecule has 0 unspecified atom stereocenters. The first-order valence-electron chi connectivity index (χ1n) is 6.47. The Labute approximate surface area is 118 Å². The number of aromatic amines is 1. The largest absolute Gasteiger partial charge is 0.369 e. The molecule has 1 fully saturated rings. The number of benzene rings is 1. The van der Waals surface area contributed by atoms with E-state index in [2.05, 4.69) is 51.3 Å². The number of aromatic nitrogens is 2. The summed E-state index contributed by atoms with van der Waals surface area (Å²) in [6.45, 7) is 4.42. The van der Waals surface area contributed by atoms with Crippen LogP contribution in [0.5, 0.6) is 0 Å². The third kappa shape index (κ3) is 2.74. The second kappa shape index (κ2) is 5.23. The molecule has 1 aromatic carbocycles. The van der Waals surface area contributed by atoms with E-state index in [1.807, 2.05) is 6.07 Å². The van der Waals surface area contributed by atoms with Crippen LogP contribution in [0.3, 0.4) is 0 Å². The number of hydrogen-bond donors (Lipinski definition) is 1. The van der Waals surface area contributed by atoms with Gasteiger partial charge in [-0.1, -0.05) is 23.7 Å². The first-order chi connectivity index (χ1) is 9.22. The van der Waals surface area contributed by atoms with E-state index >= 15 is 0 Å². The van der Waals surface area contributed by atoms with Crippen molar-refractivity contribution >= 4 is 17.3 Å². The molecule has 0 spiro atoms. The molecule has 1 aromatic heterocycles. The van der Waals surface area contributed by atoms with Gasteiger partial charge in [-0.3, -0.25) is 5.10 Å². The van der Waals surface area contributed by atoms with Gasteiger partial charge >= 0.3 is 0 Å². The minimum Gasteiger partial charge on any atom is -0.369 e. The fourth-order valence-electron chi connectivity index (χ4n) is 2.35. The zero-order valence-corrected chi connectivity index (χ0v) is 11.7. The summed E-state index contributed by atoms with van der Waals surface area (Å²) in [5.74, 6) is 0. The fraction of sp³-hybridized carbons (Fsp3) is 0.357. The molecule has 100 valence electrons. The molecule has 0 amide bonds. The Balaban J connectivity index is 1.75. The molecule has 2 heterocycles. The van der Waals surface area contributed by atoms with Crippen molar-refractivity contribution in [2.24, 2.45) is 0 Å². The Hall–Kier alpha value is -1.52. The molecule has 19 heavy (non-hydrogen) atoms. The van der Waals surface area contributed by atoms with Crippen LogP contribution in [0.4, 0.5) is 5.69 Å². The molecule has 1 aliphatic rings. The zero-order valence-electron chi connectivity index (χ0n) is 10.9. The molecule has 4 nitrogen and oxygen atoms in total. The number of H-pyrrole nitrogens is 1. The van der Waals surface area contributed by atoms with Crippen LogP contribution in [0, 0.1) is 0 Å². The van der Waals surface area contributed by atoms with Gasteiger partial charge in [0.05, 0.1) is 5.69 Å². The van der Waals surface area contributed by atoms with E-state index < -0.39 is 0 Å². The van der Waals surface area contributed by atoms with E-state index in [1.54, 1.807) is 0 Å². The predicted molar refractivity (Wildman–Crippen MR) is 78.7 cm³/mol. The standard InChI is InChI=1S/C14H17ClN4/c1-18-6-8-19(9-7-18)12-4-2-11(3-5-12)13-10-14(15)17-16-13/h2-5,10H,6-9H2,1H3,(H,16,17). The molecule has 1 aliphatic heterocycles. The molecule has 3 rings (SSSR count). The predicted octanol–water partition coefficient (Wildman–Crippen LogP) is 2.48. The third-order valence-corrected chi connectivity index (χ3v) is 3.77. The summed E-state index contributed by atoms with van der Waals surface area (Å²) >= 11 is 5.85. The van der Waals surface area contributed by atoms with Gasteiger partial charge in [0, 0.05) is 43.5 Å². The molecule has 0 bridgehead atoms. The second-order valence-electron chi connectivity index (χ2n) is 4.94. The van der Waals surface area contributed by atoms with Crippen LogP contribution in [-0.2, 0) is 0 Å². The van der Waals surface area contributed by atoms with Gasteiger partial charge < -0.3 is 9.80 Å². The minimum absolute atomic E-state index is 0.568. The number of halogens is 1. The average Bonchev–Trinajstić information content (AvgIpc) is 2.87. The van der Waals surface area contributed by atoms with E-state index in [4.69, 9.17) is 11.6 Å². The van der Waals surface area contributed by atoms with E-state index in [1.165, 1.54) is 5.69 Å². The van der Waals surface area contributed by atoms with Gasteiger partial charge in [-0.25, -0.2) is 0 Å². The lowest BCUT2D eigenvalue weighted by atomic mass is 10.1. The summed E-state index contributed by atoms with van der Waals surface area (Å²) in [5, 5.41) is 7.48. The van der Waals surface area contributed by atoms with E-state index in [9.17, 15) is 0 Å². The highest BCUT2D eigenvalue weighted by molar-refractivity contribution is 6.29. The van der Waals surface area contributed by atoms with Crippen LogP contribution in [0.1, 0.15) is 0 Å². The molecular formula is C14H17ClN4. The molecule has 2 aromatic rings. The van der Waals surface area contributed by atoms with Crippen molar-refractivity contribution in [1.29, 1.82) is 0 Å². The normalized spacial score (nSPS) is 16.8. The SMILES string of the molecule is CN1CCN(c2ccc(-c3cc(Cl)[nH]n3)cc2)CC1. The summed E-state index contributed by atoms with van der Waals surface area (Å²) in [6.07, 6.45) is 0. The van der Waals surface area contributed by atoms with Crippen LogP contribution in [0.2, 0.25) is 5.15 Å². The van der Waals surface area contributed by atoms with Crippen LogP contribution in [0.25, 0.3) is 11.3 Å². The zero-order chi connectivity index (χ0) is 13.2. The number of nitrogens with zero attached hydrogens (tertiary/aromatic N) is 3. The van der Waals surface area contributed by atoms with E-state index in [0.29, 0.717) is 5.15 Å². The molecule has 0 saturated carbocycles. The minimum atomic E-state index is 0.568. The summed E-state index contributed by atoms with van der Waals surface area (Å²) in [5.41, 5.74) is 3.24. The highest BCUT2D eigenvalue weighted by Gasteiger charge is 2.14. The van der Waals surface area contributed by atoms with Gasteiger partial charge in [0.15, 0.2) is 0 Å². The van der Waals surface area contributed by atoms with E-state index in [0.717, 1.165) is 37.4 Å². The van der Waals surface area contributed by atoms with Crippen LogP contribution < -0.4 is 4.90 Å². The maximum absolute atomic E-state index is 5.85. The molecule has 0 aliphatic carbocycles. The maximum Gasteiger partial charge on any atom is 0.124 e. The van der Waals surface area contributed by atoms with Crippen molar-refractivity contribution in [3.63, 3.8) is 0 Å². The molecule has 1 saturated heterocycles. The number of hydrogen-bond acceptors (Lipinski definition) is 3. The van der Waals surface area contributed by atoms with E-state index in [-0.39, 0.29) is 0 Å². The number of anilines is 1. The van der Waals surface area contributed by atoms with Gasteiger partial charge in [-0.15, -0.1) is 0 Å². The van der Waals surface area contributed by atoms with Crippen LogP contribution in [-0.4, -0.2) is 48.3 Å². The second-order valence-corrected chi connectivity index (χ2v) is 5.35. The van der Waals surface area contributed by atoms with Gasteiger partial charge in [0.1, 0.15) is 5.15 Å². The Kier molecular flexibility index (Phi) is 3.44. The number of rotatable bonds is 2. The lowest BCUT2D eigenvalue weighted by Crippen LogP contribution is -2.44. The highest BCUT2D eigenvalue weighted by atomic mass is 35.5. The van der Waals surface area contributed by atoms with Crippen molar-refractivity contribution in [3.05, 3.63) is 35.5 Å². The monoisotopic (exact) mass is 276 g/mol. The van der Waals surface area contributed by atoms with Crippen LogP contribution >= 0.6 is 11.6 Å². The van der Waals surface area contributed by atoms with Gasteiger partial charge in [-0.05, 0) is 19.2 Å². The summed E-state index contributed by atoms with van der Waals surface area (Å²) in [4.78, 5) is 4.78. The smallest absolute Gasteiger partial charge is 0.124 e. The first kappa shape index (κ1) is 12.5. The average molecular weight is 277 g/mol. The van der Waals surface area contributed by atoms with Crippen molar-refractivity contribution < 1.29 is 0 Å². The first-order valence-corrected chi connectivity index (χ1v) is 6.85. The number of nitrogens with one attached hydrogen (secondary N) is 1. The van der Waals surface area contributed by atoms with Crippen molar-refractivity contribution in [1.82, 2.24) is 15.1 Å². The fourth-order valence-corrected chi connectivity index (χ4v) is 2.50. The summed E-state index contributed by atoms with van der Waals surface area (Å²) in [7, 11) is 2.17. The lowest BCUT2D eigenvalue weighted by molar-refractivity contribution is 0.313. The molecular weight excluding hydrogens is 260 g/mol. The maximum atomic E-state index is 5.85. The quantitative estimate of drug-likeness (QED) is 0.915. The summed E-state index contributed by atoms with van der Waals surface area (Å²) < 4.78 is 0. The van der Waals surface area contributed by atoms with Gasteiger partial charge in [0.2, 0.25) is 0 Å². The van der Waals surface area contributed by atoms with Crippen LogP contribution in [0.15, 0.2) is 30.3 Å². The Bertz CT molecular complexity index is 541.